The number of benzene rings is 2. The van der Waals surface area contributed by atoms with E-state index in [-0.39, 0.29) is 10.7 Å². The second-order valence-corrected chi connectivity index (χ2v) is 7.00. The van der Waals surface area contributed by atoms with E-state index in [4.69, 9.17) is 0 Å². The molecule has 0 aromatic heterocycles. The van der Waals surface area contributed by atoms with Crippen molar-refractivity contribution in [1.82, 2.24) is 0 Å². The quantitative estimate of drug-likeness (QED) is 0.813. The van der Waals surface area contributed by atoms with Crippen LogP contribution in [0, 0.1) is 6.92 Å². The fourth-order valence-electron chi connectivity index (χ4n) is 1.91. The summed E-state index contributed by atoms with van der Waals surface area (Å²) in [7, 11) is -3.65. The molecule has 3 nitrogen and oxygen atoms in total. The zero-order chi connectivity index (χ0) is 14.8. The maximum atomic E-state index is 12.4. The van der Waals surface area contributed by atoms with Crippen LogP contribution in [0.15, 0.2) is 59.5 Å². The summed E-state index contributed by atoms with van der Waals surface area (Å²) in [6.07, 6.45) is 0. The van der Waals surface area contributed by atoms with Crippen LogP contribution in [0.2, 0.25) is 0 Å². The van der Waals surface area contributed by atoms with Gasteiger partial charge in [0.1, 0.15) is 5.25 Å². The van der Waals surface area contributed by atoms with E-state index in [1.165, 1.54) is 6.92 Å². The first-order valence-electron chi connectivity index (χ1n) is 6.33. The maximum Gasteiger partial charge on any atom is 0.188 e. The molecule has 0 saturated carbocycles. The first-order chi connectivity index (χ1) is 9.43. The van der Waals surface area contributed by atoms with Gasteiger partial charge in [0.15, 0.2) is 15.6 Å². The van der Waals surface area contributed by atoms with Crippen molar-refractivity contribution in [2.45, 2.75) is 24.0 Å². The van der Waals surface area contributed by atoms with Gasteiger partial charge in [-0.1, -0.05) is 48.0 Å². The molecule has 0 amide bonds. The molecule has 4 heteroatoms. The molecule has 2 rings (SSSR count). The first-order valence-corrected chi connectivity index (χ1v) is 7.87. The highest BCUT2D eigenvalue weighted by Crippen LogP contribution is 2.19. The van der Waals surface area contributed by atoms with Crippen LogP contribution in [0.1, 0.15) is 22.8 Å². The van der Waals surface area contributed by atoms with Crippen LogP contribution in [0.5, 0.6) is 0 Å². The van der Waals surface area contributed by atoms with Gasteiger partial charge in [-0.05, 0) is 26.0 Å². The van der Waals surface area contributed by atoms with Gasteiger partial charge in [0.2, 0.25) is 0 Å². The normalized spacial score (nSPS) is 12.9. The average Bonchev–Trinajstić information content (AvgIpc) is 2.47. The minimum absolute atomic E-state index is 0.180. The summed E-state index contributed by atoms with van der Waals surface area (Å²) < 4.78 is 24.9. The van der Waals surface area contributed by atoms with Crippen LogP contribution in [0.4, 0.5) is 0 Å². The lowest BCUT2D eigenvalue weighted by Gasteiger charge is -2.12. The number of carbonyl (C=O) groups is 1. The van der Waals surface area contributed by atoms with Gasteiger partial charge in [0, 0.05) is 5.56 Å². The van der Waals surface area contributed by atoms with Crippen LogP contribution in [0.3, 0.4) is 0 Å². The number of carbonyl (C=O) groups excluding carboxylic acids is 1. The Labute approximate surface area is 119 Å². The molecule has 0 radical (unpaired) electrons. The van der Waals surface area contributed by atoms with Crippen molar-refractivity contribution in [3.8, 4) is 0 Å². The van der Waals surface area contributed by atoms with Gasteiger partial charge < -0.3 is 0 Å². The summed E-state index contributed by atoms with van der Waals surface area (Å²) in [6.45, 7) is 3.32. The fraction of sp³-hybridized carbons (Fsp3) is 0.188. The monoisotopic (exact) mass is 288 g/mol. The Hall–Kier alpha value is -1.94. The topological polar surface area (TPSA) is 51.2 Å². The van der Waals surface area contributed by atoms with Gasteiger partial charge in [-0.25, -0.2) is 8.42 Å². The highest BCUT2D eigenvalue weighted by molar-refractivity contribution is 7.92. The standard InChI is InChI=1S/C16H16O3S/c1-12-8-10-15(11-9-12)20(18,19)13(2)16(17)14-6-4-3-5-7-14/h3-11,13H,1-2H3/t13-/m0/s1. The SMILES string of the molecule is Cc1ccc(S(=O)(=O)[C@@H](C)C(=O)c2ccccc2)cc1. The predicted octanol–water partition coefficient (Wildman–Crippen LogP) is 3.04. The summed E-state index contributed by atoms with van der Waals surface area (Å²) in [6, 6.07) is 15.0. The van der Waals surface area contributed by atoms with Crippen molar-refractivity contribution in [3.05, 3.63) is 65.7 Å². The number of aryl methyl sites for hydroxylation is 1. The molecule has 0 spiro atoms. The Morgan fingerprint density at radius 1 is 0.950 bits per heavy atom. The van der Waals surface area contributed by atoms with Crippen LogP contribution >= 0.6 is 0 Å². The van der Waals surface area contributed by atoms with Gasteiger partial charge >= 0.3 is 0 Å². The number of ketones is 1. The third-order valence-corrected chi connectivity index (χ3v) is 5.32. The second kappa shape index (κ2) is 5.59. The summed E-state index contributed by atoms with van der Waals surface area (Å²) in [5.41, 5.74) is 1.39. The summed E-state index contributed by atoms with van der Waals surface area (Å²) in [5, 5.41) is -1.09. The number of rotatable bonds is 4. The number of hydrogen-bond donors (Lipinski definition) is 0. The van der Waals surface area contributed by atoms with E-state index in [1.807, 2.05) is 6.92 Å². The third kappa shape index (κ3) is 2.80. The lowest BCUT2D eigenvalue weighted by molar-refractivity contribution is 0.0991. The average molecular weight is 288 g/mol. The van der Waals surface area contributed by atoms with Crippen LogP contribution in [0.25, 0.3) is 0 Å². The van der Waals surface area contributed by atoms with Crippen molar-refractivity contribution < 1.29 is 13.2 Å². The molecule has 0 aliphatic heterocycles. The van der Waals surface area contributed by atoms with Crippen LogP contribution in [-0.4, -0.2) is 19.5 Å². The smallest absolute Gasteiger partial charge is 0.188 e. The van der Waals surface area contributed by atoms with Gasteiger partial charge in [0.25, 0.3) is 0 Å². The molecule has 104 valence electrons. The van der Waals surface area contributed by atoms with E-state index in [0.717, 1.165) is 5.56 Å². The van der Waals surface area contributed by atoms with E-state index in [9.17, 15) is 13.2 Å². The van der Waals surface area contributed by atoms with E-state index >= 15 is 0 Å². The zero-order valence-electron chi connectivity index (χ0n) is 11.4. The lowest BCUT2D eigenvalue weighted by atomic mass is 10.1. The van der Waals surface area contributed by atoms with Crippen molar-refractivity contribution in [2.75, 3.05) is 0 Å². The minimum atomic E-state index is -3.65. The zero-order valence-corrected chi connectivity index (χ0v) is 12.2. The molecule has 1 atom stereocenters. The molecule has 0 N–H and O–H groups in total. The van der Waals surface area contributed by atoms with Crippen LogP contribution in [-0.2, 0) is 9.84 Å². The first kappa shape index (κ1) is 14.5. The Morgan fingerprint density at radius 3 is 2.05 bits per heavy atom. The van der Waals surface area contributed by atoms with Crippen molar-refractivity contribution in [2.24, 2.45) is 0 Å². The predicted molar refractivity (Wildman–Crippen MR) is 78.6 cm³/mol. The third-order valence-electron chi connectivity index (χ3n) is 3.24. The molecule has 0 saturated heterocycles. The van der Waals surface area contributed by atoms with Crippen LogP contribution < -0.4 is 0 Å². The van der Waals surface area contributed by atoms with Gasteiger partial charge in [-0.2, -0.15) is 0 Å². The highest BCUT2D eigenvalue weighted by Gasteiger charge is 2.30. The van der Waals surface area contributed by atoms with E-state index in [2.05, 4.69) is 0 Å². The largest absolute Gasteiger partial charge is 0.293 e. The molecule has 0 heterocycles. The van der Waals surface area contributed by atoms with Gasteiger partial charge in [0.05, 0.1) is 4.90 Å². The molecule has 20 heavy (non-hydrogen) atoms. The van der Waals surface area contributed by atoms with Gasteiger partial charge in [-0.15, -0.1) is 0 Å². The van der Waals surface area contributed by atoms with E-state index in [0.29, 0.717) is 5.56 Å². The van der Waals surface area contributed by atoms with Gasteiger partial charge in [-0.3, -0.25) is 4.79 Å². The molecule has 0 bridgehead atoms. The molecule has 2 aromatic rings. The van der Waals surface area contributed by atoms with E-state index < -0.39 is 15.1 Å². The molecular formula is C16H16O3S. The summed E-state index contributed by atoms with van der Waals surface area (Å²) in [5.74, 6) is -0.383. The summed E-state index contributed by atoms with van der Waals surface area (Å²) >= 11 is 0. The Morgan fingerprint density at radius 2 is 1.50 bits per heavy atom. The van der Waals surface area contributed by atoms with Crippen molar-refractivity contribution >= 4 is 15.6 Å². The lowest BCUT2D eigenvalue weighted by Crippen LogP contribution is -2.27. The van der Waals surface area contributed by atoms with Crippen molar-refractivity contribution in [3.63, 3.8) is 0 Å². The molecule has 2 aromatic carbocycles. The Bertz CT molecular complexity index is 701. The fourth-order valence-corrected chi connectivity index (χ4v) is 3.25. The Kier molecular flexibility index (Phi) is 4.04. The minimum Gasteiger partial charge on any atom is -0.293 e. The Balaban J connectivity index is 2.35. The molecule has 0 aliphatic carbocycles. The number of sulfone groups is 1. The maximum absolute atomic E-state index is 12.4. The number of hydrogen-bond acceptors (Lipinski definition) is 3. The molecule has 0 unspecified atom stereocenters. The summed E-state index contributed by atoms with van der Waals surface area (Å²) in [4.78, 5) is 12.4. The molecular weight excluding hydrogens is 272 g/mol. The van der Waals surface area contributed by atoms with Crippen molar-refractivity contribution in [1.29, 1.82) is 0 Å². The molecule has 0 fully saturated rings. The van der Waals surface area contributed by atoms with E-state index in [1.54, 1.807) is 54.6 Å². The molecule has 0 aliphatic rings. The highest BCUT2D eigenvalue weighted by atomic mass is 32.2. The second-order valence-electron chi connectivity index (χ2n) is 4.73. The number of Topliss-reactive ketones (excluding diaryl/α,β-unsaturated/α-hetero) is 1.